The van der Waals surface area contributed by atoms with Gasteiger partial charge >= 0.3 is 0 Å². The van der Waals surface area contributed by atoms with Crippen LogP contribution in [0.25, 0.3) is 22.4 Å². The van der Waals surface area contributed by atoms with Crippen molar-refractivity contribution >= 4 is 69.1 Å². The van der Waals surface area contributed by atoms with E-state index in [4.69, 9.17) is 11.6 Å². The van der Waals surface area contributed by atoms with Gasteiger partial charge in [-0.05, 0) is 73.5 Å². The van der Waals surface area contributed by atoms with E-state index in [1.54, 1.807) is 27.3 Å². The molecular formula is C32H24ClN5O2S2. The van der Waals surface area contributed by atoms with Gasteiger partial charge in [-0.1, -0.05) is 78.4 Å². The van der Waals surface area contributed by atoms with Crippen LogP contribution in [-0.4, -0.2) is 30.3 Å². The molecule has 1 aliphatic rings. The Bertz CT molecular complexity index is 2070. The zero-order valence-electron chi connectivity index (χ0n) is 22.7. The molecular weight excluding hydrogens is 586 g/mol. The van der Waals surface area contributed by atoms with Crippen molar-refractivity contribution in [2.45, 2.75) is 40.5 Å². The lowest BCUT2D eigenvalue weighted by Crippen LogP contribution is -2.34. The summed E-state index contributed by atoms with van der Waals surface area (Å²) in [7, 11) is 0. The summed E-state index contributed by atoms with van der Waals surface area (Å²) >= 11 is 9.31. The topological polar surface area (TPSA) is 72.5 Å². The fourth-order valence-corrected chi connectivity index (χ4v) is 7.32. The van der Waals surface area contributed by atoms with Crippen LogP contribution in [0.5, 0.6) is 0 Å². The summed E-state index contributed by atoms with van der Waals surface area (Å²) in [5.74, 6) is 0.280. The molecule has 0 N–H and O–H groups in total. The highest BCUT2D eigenvalue weighted by molar-refractivity contribution is 8.00. The summed E-state index contributed by atoms with van der Waals surface area (Å²) in [4.78, 5) is 31.6. The van der Waals surface area contributed by atoms with Crippen LogP contribution >= 0.6 is 35.1 Å². The van der Waals surface area contributed by atoms with Crippen molar-refractivity contribution in [2.75, 3.05) is 4.90 Å². The van der Waals surface area contributed by atoms with Crippen LogP contribution in [0.3, 0.4) is 0 Å². The van der Waals surface area contributed by atoms with E-state index in [1.165, 1.54) is 17.3 Å². The molecule has 2 aromatic heterocycles. The third-order valence-corrected chi connectivity index (χ3v) is 9.73. The van der Waals surface area contributed by atoms with Gasteiger partial charge in [0.15, 0.2) is 5.16 Å². The van der Waals surface area contributed by atoms with Gasteiger partial charge in [-0.15, -0.1) is 10.2 Å². The van der Waals surface area contributed by atoms with Crippen LogP contribution in [0.2, 0.25) is 5.02 Å². The smallest absolute Gasteiger partial charge is 0.267 e. The van der Waals surface area contributed by atoms with Gasteiger partial charge in [0.1, 0.15) is 0 Å². The van der Waals surface area contributed by atoms with Crippen molar-refractivity contribution in [1.29, 1.82) is 0 Å². The van der Waals surface area contributed by atoms with Crippen molar-refractivity contribution in [1.82, 2.24) is 19.2 Å². The largest absolute Gasteiger partial charge is 0.278 e. The van der Waals surface area contributed by atoms with Crippen LogP contribution < -0.4 is 10.5 Å². The number of amides is 1. The molecule has 0 fully saturated rings. The van der Waals surface area contributed by atoms with E-state index in [0.29, 0.717) is 32.5 Å². The lowest BCUT2D eigenvalue weighted by molar-refractivity contribution is -0.117. The Morgan fingerprint density at radius 1 is 0.929 bits per heavy atom. The van der Waals surface area contributed by atoms with E-state index in [2.05, 4.69) is 17.1 Å². The Balaban J connectivity index is 1.33. The highest BCUT2D eigenvalue weighted by atomic mass is 35.5. The first-order valence-corrected chi connectivity index (χ1v) is 15.6. The molecule has 208 valence electrons. The number of carbonyl (C=O) groups excluding carboxylic acids is 1. The summed E-state index contributed by atoms with van der Waals surface area (Å²) < 4.78 is 3.45. The predicted octanol–water partition coefficient (Wildman–Crippen LogP) is 7.56. The molecule has 3 heterocycles. The lowest BCUT2D eigenvalue weighted by Gasteiger charge is -2.32. The molecule has 0 spiro atoms. The van der Waals surface area contributed by atoms with E-state index >= 15 is 0 Å². The van der Waals surface area contributed by atoms with E-state index in [-0.39, 0.29) is 11.5 Å². The first-order chi connectivity index (χ1) is 20.4. The molecule has 1 atom stereocenters. The number of aryl methyl sites for hydroxylation is 1. The van der Waals surface area contributed by atoms with Gasteiger partial charge in [0.25, 0.3) is 5.56 Å². The Kier molecular flexibility index (Phi) is 6.80. The van der Waals surface area contributed by atoms with E-state index in [1.807, 2.05) is 96.3 Å². The van der Waals surface area contributed by atoms with E-state index in [9.17, 15) is 9.59 Å². The minimum Gasteiger partial charge on any atom is -0.278 e. The van der Waals surface area contributed by atoms with E-state index in [0.717, 1.165) is 27.6 Å². The number of hydrogen-bond donors (Lipinski definition) is 0. The standard InChI is InChI=1S/C32H24ClN5O2S2/c1-3-20-12-15-22(16-13-20)36-30(40)23-8-4-5-9-24(23)38-31(36)34-35-32(38)41-19(2)29(39)37-25-10-6-7-11-27(25)42-28-17-14-21(33)18-26(28)37/h4-19H,3H2,1-2H3. The fraction of sp³-hybridized carbons (Fsp3) is 0.125. The number of anilines is 2. The van der Waals surface area contributed by atoms with Crippen molar-refractivity contribution < 1.29 is 4.79 Å². The van der Waals surface area contributed by atoms with Gasteiger partial charge in [0.05, 0.1) is 33.2 Å². The lowest BCUT2D eigenvalue weighted by atomic mass is 10.1. The SMILES string of the molecule is CCc1ccc(-n2c(=O)c3ccccc3n3c(SC(C)C(=O)N4c5ccccc5Sc5ccc(Cl)cc54)nnc23)cc1. The van der Waals surface area contributed by atoms with Gasteiger partial charge in [0, 0.05) is 14.8 Å². The zero-order chi connectivity index (χ0) is 29.0. The minimum absolute atomic E-state index is 0.110. The van der Waals surface area contributed by atoms with Gasteiger partial charge < -0.3 is 0 Å². The molecule has 1 amide bonds. The molecule has 7 nitrogen and oxygen atoms in total. The van der Waals surface area contributed by atoms with Crippen molar-refractivity contribution in [3.8, 4) is 5.69 Å². The summed E-state index contributed by atoms with van der Waals surface area (Å²) in [5.41, 5.74) is 3.96. The molecule has 0 radical (unpaired) electrons. The van der Waals surface area contributed by atoms with Gasteiger partial charge in [0.2, 0.25) is 11.7 Å². The van der Waals surface area contributed by atoms with Crippen LogP contribution in [-0.2, 0) is 11.2 Å². The number of benzene rings is 4. The summed E-state index contributed by atoms with van der Waals surface area (Å²) in [6, 6.07) is 28.8. The second-order valence-corrected chi connectivity index (χ2v) is 12.7. The highest BCUT2D eigenvalue weighted by Gasteiger charge is 2.32. The van der Waals surface area contributed by atoms with Gasteiger partial charge in [-0.3, -0.25) is 18.9 Å². The molecule has 6 aromatic rings. The summed E-state index contributed by atoms with van der Waals surface area (Å²) in [6.07, 6.45) is 0.900. The van der Waals surface area contributed by atoms with Crippen molar-refractivity contribution in [2.24, 2.45) is 0 Å². The number of nitrogens with zero attached hydrogens (tertiary/aromatic N) is 5. The molecule has 42 heavy (non-hydrogen) atoms. The van der Waals surface area contributed by atoms with Crippen LogP contribution in [0.1, 0.15) is 19.4 Å². The second-order valence-electron chi connectivity index (χ2n) is 9.91. The second kappa shape index (κ2) is 10.7. The number of para-hydroxylation sites is 2. The Hall–Kier alpha value is -4.05. The third-order valence-electron chi connectivity index (χ3n) is 7.34. The molecule has 0 aliphatic carbocycles. The van der Waals surface area contributed by atoms with Crippen molar-refractivity contribution in [3.05, 3.63) is 112 Å². The van der Waals surface area contributed by atoms with Crippen LogP contribution in [0, 0.1) is 0 Å². The maximum absolute atomic E-state index is 14.2. The van der Waals surface area contributed by atoms with Gasteiger partial charge in [-0.25, -0.2) is 4.57 Å². The molecule has 0 saturated carbocycles. The average molecular weight is 610 g/mol. The van der Waals surface area contributed by atoms with E-state index < -0.39 is 5.25 Å². The fourth-order valence-electron chi connectivity index (χ4n) is 5.22. The molecule has 1 unspecified atom stereocenters. The van der Waals surface area contributed by atoms with Gasteiger partial charge in [-0.2, -0.15) is 0 Å². The molecule has 10 heteroatoms. The first kappa shape index (κ1) is 26.8. The monoisotopic (exact) mass is 609 g/mol. The number of halogens is 1. The first-order valence-electron chi connectivity index (χ1n) is 13.5. The number of hydrogen-bond acceptors (Lipinski definition) is 6. The van der Waals surface area contributed by atoms with Crippen LogP contribution in [0.4, 0.5) is 11.4 Å². The summed E-state index contributed by atoms with van der Waals surface area (Å²) in [5, 5.41) is 10.0. The molecule has 7 rings (SSSR count). The Morgan fingerprint density at radius 3 is 2.48 bits per heavy atom. The number of fused-ring (bicyclic) bond motifs is 5. The number of aromatic nitrogens is 4. The predicted molar refractivity (Wildman–Crippen MR) is 170 cm³/mol. The maximum atomic E-state index is 14.2. The number of thioether (sulfide) groups is 1. The zero-order valence-corrected chi connectivity index (χ0v) is 25.1. The molecule has 0 saturated heterocycles. The highest BCUT2D eigenvalue weighted by Crippen LogP contribution is 2.49. The summed E-state index contributed by atoms with van der Waals surface area (Å²) in [6.45, 7) is 3.96. The Labute approximate surface area is 255 Å². The molecule has 4 aromatic carbocycles. The number of carbonyl (C=O) groups is 1. The molecule has 0 bridgehead atoms. The Morgan fingerprint density at radius 2 is 1.67 bits per heavy atom. The average Bonchev–Trinajstić information content (AvgIpc) is 3.43. The minimum atomic E-state index is -0.539. The molecule has 1 aliphatic heterocycles. The number of rotatable bonds is 5. The normalized spacial score (nSPS) is 13.3. The third kappa shape index (κ3) is 4.40. The van der Waals surface area contributed by atoms with Crippen molar-refractivity contribution in [3.63, 3.8) is 0 Å². The van der Waals surface area contributed by atoms with Crippen LogP contribution in [0.15, 0.2) is 111 Å². The maximum Gasteiger partial charge on any atom is 0.267 e. The quantitative estimate of drug-likeness (QED) is 0.188.